The standard InChI is InChI=1S/C8H12F3NO2/c1-6(2,3)5-4-7(13,14-12-5)8(9,10)11/h13H,4H2,1-3H3/t7-/m1/s1. The van der Waals surface area contributed by atoms with Gasteiger partial charge in [0.15, 0.2) is 0 Å². The van der Waals surface area contributed by atoms with Crippen LogP contribution in [0.4, 0.5) is 13.2 Å². The van der Waals surface area contributed by atoms with Crippen LogP contribution in [0.2, 0.25) is 0 Å². The molecule has 1 heterocycles. The Morgan fingerprint density at radius 3 is 2.07 bits per heavy atom. The molecule has 0 aromatic rings. The molecule has 0 bridgehead atoms. The van der Waals surface area contributed by atoms with Crippen LogP contribution >= 0.6 is 0 Å². The van der Waals surface area contributed by atoms with Crippen LogP contribution in [0.5, 0.6) is 0 Å². The molecule has 6 heteroatoms. The van der Waals surface area contributed by atoms with Gasteiger partial charge in [0.2, 0.25) is 0 Å². The Labute approximate surface area is 79.5 Å². The molecule has 0 aromatic carbocycles. The third kappa shape index (κ3) is 1.84. The number of hydrogen-bond acceptors (Lipinski definition) is 3. The predicted molar refractivity (Wildman–Crippen MR) is 43.6 cm³/mol. The molecule has 0 radical (unpaired) electrons. The Bertz CT molecular complexity index is 267. The summed E-state index contributed by atoms with van der Waals surface area (Å²) in [5.41, 5.74) is -0.326. The molecule has 1 aliphatic heterocycles. The maximum absolute atomic E-state index is 12.3. The monoisotopic (exact) mass is 211 g/mol. The van der Waals surface area contributed by atoms with E-state index in [1.807, 2.05) is 0 Å². The minimum Gasteiger partial charge on any atom is -0.350 e. The highest BCUT2D eigenvalue weighted by Gasteiger charge is 2.61. The van der Waals surface area contributed by atoms with Crippen molar-refractivity contribution >= 4 is 5.71 Å². The van der Waals surface area contributed by atoms with Crippen molar-refractivity contribution in [3.8, 4) is 0 Å². The van der Waals surface area contributed by atoms with Gasteiger partial charge >= 0.3 is 12.0 Å². The topological polar surface area (TPSA) is 41.8 Å². The molecule has 1 N–H and O–H groups in total. The summed E-state index contributed by atoms with van der Waals surface area (Å²) in [7, 11) is 0. The first-order chi connectivity index (χ1) is 6.06. The average molecular weight is 211 g/mol. The van der Waals surface area contributed by atoms with Crippen LogP contribution in [-0.2, 0) is 4.84 Å². The average Bonchev–Trinajstić information content (AvgIpc) is 2.29. The lowest BCUT2D eigenvalue weighted by Gasteiger charge is -2.23. The van der Waals surface area contributed by atoms with Gasteiger partial charge in [0.1, 0.15) is 0 Å². The van der Waals surface area contributed by atoms with Crippen LogP contribution in [-0.4, -0.2) is 22.8 Å². The summed E-state index contributed by atoms with van der Waals surface area (Å²) in [5, 5.41) is 12.4. The van der Waals surface area contributed by atoms with E-state index in [1.165, 1.54) is 0 Å². The van der Waals surface area contributed by atoms with Crippen LogP contribution in [0.25, 0.3) is 0 Å². The van der Waals surface area contributed by atoms with Gasteiger partial charge in [-0.15, -0.1) is 0 Å². The largest absolute Gasteiger partial charge is 0.458 e. The van der Waals surface area contributed by atoms with Crippen LogP contribution in [0, 0.1) is 5.41 Å². The summed E-state index contributed by atoms with van der Waals surface area (Å²) in [6.45, 7) is 5.12. The summed E-state index contributed by atoms with van der Waals surface area (Å²) < 4.78 is 36.8. The van der Waals surface area contributed by atoms with Gasteiger partial charge in [0.25, 0.3) is 0 Å². The second-order valence-corrected chi connectivity index (χ2v) is 4.34. The van der Waals surface area contributed by atoms with E-state index in [1.54, 1.807) is 20.8 Å². The van der Waals surface area contributed by atoms with E-state index in [0.29, 0.717) is 0 Å². The summed E-state index contributed by atoms with van der Waals surface area (Å²) in [6.07, 6.45) is -5.44. The molecule has 14 heavy (non-hydrogen) atoms. The van der Waals surface area contributed by atoms with E-state index in [-0.39, 0.29) is 5.71 Å². The molecule has 0 saturated carbocycles. The van der Waals surface area contributed by atoms with E-state index in [2.05, 4.69) is 9.99 Å². The molecule has 0 spiro atoms. The molecule has 0 saturated heterocycles. The molecule has 0 fully saturated rings. The Balaban J connectivity index is 2.81. The first kappa shape index (κ1) is 11.3. The summed E-state index contributed by atoms with van der Waals surface area (Å²) >= 11 is 0. The van der Waals surface area contributed by atoms with Crippen molar-refractivity contribution in [3.05, 3.63) is 0 Å². The van der Waals surface area contributed by atoms with Gasteiger partial charge in [-0.3, -0.25) is 0 Å². The Hall–Kier alpha value is -0.780. The third-order valence-electron chi connectivity index (χ3n) is 2.02. The Morgan fingerprint density at radius 1 is 1.36 bits per heavy atom. The number of halogens is 3. The van der Waals surface area contributed by atoms with Crippen LogP contribution in [0.1, 0.15) is 27.2 Å². The van der Waals surface area contributed by atoms with Gasteiger partial charge in [0.05, 0.1) is 12.1 Å². The molecule has 1 aliphatic rings. The van der Waals surface area contributed by atoms with Gasteiger partial charge in [-0.2, -0.15) is 13.2 Å². The second kappa shape index (κ2) is 2.85. The van der Waals surface area contributed by atoms with Crippen LogP contribution in [0.3, 0.4) is 0 Å². The van der Waals surface area contributed by atoms with Crippen molar-refractivity contribution in [2.24, 2.45) is 10.6 Å². The maximum Gasteiger partial charge on any atom is 0.458 e. The Morgan fingerprint density at radius 2 is 1.86 bits per heavy atom. The summed E-state index contributed by atoms with van der Waals surface area (Å²) in [5.74, 6) is -3.14. The van der Waals surface area contributed by atoms with E-state index >= 15 is 0 Å². The number of oxime groups is 1. The fourth-order valence-electron chi connectivity index (χ4n) is 0.976. The van der Waals surface area contributed by atoms with Crippen molar-refractivity contribution in [1.82, 2.24) is 0 Å². The van der Waals surface area contributed by atoms with Crippen molar-refractivity contribution < 1.29 is 23.1 Å². The molecule has 0 aliphatic carbocycles. The summed E-state index contributed by atoms with van der Waals surface area (Å²) in [6, 6.07) is 0. The molecule has 1 atom stereocenters. The van der Waals surface area contributed by atoms with Gasteiger partial charge in [-0.1, -0.05) is 25.9 Å². The normalized spacial score (nSPS) is 28.6. The highest BCUT2D eigenvalue weighted by molar-refractivity contribution is 5.90. The number of alkyl halides is 3. The van der Waals surface area contributed by atoms with Gasteiger partial charge in [-0.05, 0) is 0 Å². The SMILES string of the molecule is CC(C)(C)C1=NO[C@@](O)(C(F)(F)F)C1. The number of aliphatic hydroxyl groups is 1. The van der Waals surface area contributed by atoms with E-state index < -0.39 is 23.8 Å². The zero-order chi connectivity index (χ0) is 11.2. The second-order valence-electron chi connectivity index (χ2n) is 4.34. The minimum absolute atomic E-state index is 0.206. The lowest BCUT2D eigenvalue weighted by molar-refractivity contribution is -0.355. The highest BCUT2D eigenvalue weighted by atomic mass is 19.4. The third-order valence-corrected chi connectivity index (χ3v) is 2.02. The Kier molecular flexibility index (Phi) is 2.30. The first-order valence-electron chi connectivity index (χ1n) is 4.11. The van der Waals surface area contributed by atoms with Crippen LogP contribution < -0.4 is 0 Å². The van der Waals surface area contributed by atoms with Gasteiger partial charge < -0.3 is 9.94 Å². The molecule has 82 valence electrons. The van der Waals surface area contributed by atoms with Gasteiger partial charge in [0, 0.05) is 5.41 Å². The number of hydrogen-bond donors (Lipinski definition) is 1. The first-order valence-corrected chi connectivity index (χ1v) is 4.11. The maximum atomic E-state index is 12.3. The van der Waals surface area contributed by atoms with Gasteiger partial charge in [-0.25, -0.2) is 0 Å². The molecule has 0 amide bonds. The van der Waals surface area contributed by atoms with Crippen LogP contribution in [0.15, 0.2) is 5.16 Å². The van der Waals surface area contributed by atoms with E-state index in [0.717, 1.165) is 0 Å². The fraction of sp³-hybridized carbons (Fsp3) is 0.875. The predicted octanol–water partition coefficient (Wildman–Crippen LogP) is 2.06. The van der Waals surface area contributed by atoms with E-state index in [9.17, 15) is 13.2 Å². The lowest BCUT2D eigenvalue weighted by atomic mass is 9.86. The minimum atomic E-state index is -4.82. The number of rotatable bonds is 0. The number of nitrogens with zero attached hydrogens (tertiary/aromatic N) is 1. The fourth-order valence-corrected chi connectivity index (χ4v) is 0.976. The van der Waals surface area contributed by atoms with E-state index in [4.69, 9.17) is 5.11 Å². The molecule has 1 rings (SSSR count). The molecule has 0 unspecified atom stereocenters. The molecular weight excluding hydrogens is 199 g/mol. The smallest absolute Gasteiger partial charge is 0.350 e. The summed E-state index contributed by atoms with van der Waals surface area (Å²) in [4.78, 5) is 4.06. The van der Waals surface area contributed by atoms with Crippen molar-refractivity contribution in [1.29, 1.82) is 0 Å². The lowest BCUT2D eigenvalue weighted by Crippen LogP contribution is -2.45. The zero-order valence-electron chi connectivity index (χ0n) is 8.14. The zero-order valence-corrected chi connectivity index (χ0v) is 8.14. The van der Waals surface area contributed by atoms with Crippen molar-refractivity contribution in [3.63, 3.8) is 0 Å². The molecule has 3 nitrogen and oxygen atoms in total. The highest BCUT2D eigenvalue weighted by Crippen LogP contribution is 2.40. The molecular formula is C8H12F3NO2. The van der Waals surface area contributed by atoms with Crippen molar-refractivity contribution in [2.75, 3.05) is 0 Å². The molecule has 0 aromatic heterocycles. The quantitative estimate of drug-likeness (QED) is 0.666. The van der Waals surface area contributed by atoms with Crippen molar-refractivity contribution in [2.45, 2.75) is 39.2 Å².